The van der Waals surface area contributed by atoms with E-state index in [0.717, 1.165) is 18.6 Å². The molecule has 1 N–H and O–H groups in total. The molecule has 18 heavy (non-hydrogen) atoms. The van der Waals surface area contributed by atoms with Crippen molar-refractivity contribution in [2.45, 2.75) is 12.5 Å². The number of hydrogen-bond donors (Lipinski definition) is 1. The van der Waals surface area contributed by atoms with Crippen LogP contribution in [0.5, 0.6) is 0 Å². The molecule has 1 saturated heterocycles. The zero-order valence-electron chi connectivity index (χ0n) is 9.82. The topological polar surface area (TPSA) is 58.4 Å². The minimum Gasteiger partial charge on any atom is -0.362 e. The van der Waals surface area contributed by atoms with Crippen molar-refractivity contribution in [1.29, 1.82) is 0 Å². The quantitative estimate of drug-likeness (QED) is 0.661. The van der Waals surface area contributed by atoms with Crippen molar-refractivity contribution in [3.05, 3.63) is 33.9 Å². The Kier molecular flexibility index (Phi) is 3.42. The molecule has 1 aromatic rings. The van der Waals surface area contributed by atoms with Crippen LogP contribution in [0.15, 0.2) is 12.1 Å². The van der Waals surface area contributed by atoms with E-state index < -0.39 is 22.2 Å². The third kappa shape index (κ3) is 2.13. The molecule has 0 amide bonds. The Morgan fingerprint density at radius 1 is 1.50 bits per heavy atom. The number of halogens is 2. The molecule has 1 aromatic carbocycles. The molecule has 0 saturated carbocycles. The molecular formula is C11H13F2N3O2. The monoisotopic (exact) mass is 257 g/mol. The summed E-state index contributed by atoms with van der Waals surface area (Å²) in [7, 11) is 1.77. The van der Waals surface area contributed by atoms with Gasteiger partial charge in [0.15, 0.2) is 17.3 Å². The number of nitro benzene ring substituents is 1. The van der Waals surface area contributed by atoms with E-state index in [1.165, 1.54) is 4.90 Å². The van der Waals surface area contributed by atoms with Gasteiger partial charge in [0.2, 0.25) is 0 Å². The first-order valence-corrected chi connectivity index (χ1v) is 5.59. The summed E-state index contributed by atoms with van der Waals surface area (Å²) in [5.74, 6) is -2.22. The zero-order chi connectivity index (χ0) is 13.3. The number of rotatable bonds is 3. The molecular weight excluding hydrogens is 244 g/mol. The van der Waals surface area contributed by atoms with Crippen LogP contribution in [0.4, 0.5) is 20.2 Å². The largest absolute Gasteiger partial charge is 0.362 e. The maximum Gasteiger partial charge on any atom is 0.295 e. The van der Waals surface area contributed by atoms with Crippen LogP contribution in [0.3, 0.4) is 0 Å². The predicted molar refractivity (Wildman–Crippen MR) is 62.7 cm³/mol. The van der Waals surface area contributed by atoms with Crippen molar-refractivity contribution >= 4 is 11.4 Å². The highest BCUT2D eigenvalue weighted by Gasteiger charge is 2.31. The third-order valence-corrected chi connectivity index (χ3v) is 3.16. The maximum atomic E-state index is 13.8. The summed E-state index contributed by atoms with van der Waals surface area (Å²) < 4.78 is 27.0. The molecule has 1 atom stereocenters. The number of likely N-dealkylation sites (N-methyl/N-ethyl adjacent to an activating group) is 1. The van der Waals surface area contributed by atoms with Gasteiger partial charge in [0.1, 0.15) is 0 Å². The molecule has 0 aliphatic carbocycles. The predicted octanol–water partition coefficient (Wildman–Crippen LogP) is 1.67. The van der Waals surface area contributed by atoms with Crippen molar-refractivity contribution in [1.82, 2.24) is 5.32 Å². The van der Waals surface area contributed by atoms with Crippen LogP contribution in [-0.4, -0.2) is 31.1 Å². The average Bonchev–Trinajstić information content (AvgIpc) is 2.80. The third-order valence-electron chi connectivity index (χ3n) is 3.16. The van der Waals surface area contributed by atoms with Crippen LogP contribution in [0.2, 0.25) is 0 Å². The van der Waals surface area contributed by atoms with Crippen molar-refractivity contribution in [2.75, 3.05) is 25.0 Å². The molecule has 7 heteroatoms. The lowest BCUT2D eigenvalue weighted by Gasteiger charge is -2.19. The maximum absolute atomic E-state index is 13.8. The number of hydrogen-bond acceptors (Lipinski definition) is 4. The fourth-order valence-electron chi connectivity index (χ4n) is 2.18. The van der Waals surface area contributed by atoms with E-state index in [4.69, 9.17) is 0 Å². The minimum absolute atomic E-state index is 0.132. The number of nitrogens with zero attached hydrogens (tertiary/aromatic N) is 2. The Bertz CT molecular complexity index is 482. The second-order valence-electron chi connectivity index (χ2n) is 4.21. The van der Waals surface area contributed by atoms with Crippen molar-refractivity contribution in [2.24, 2.45) is 0 Å². The summed E-state index contributed by atoms with van der Waals surface area (Å²) >= 11 is 0. The summed E-state index contributed by atoms with van der Waals surface area (Å²) in [6, 6.07) is 1.91. The zero-order valence-corrected chi connectivity index (χ0v) is 9.82. The minimum atomic E-state index is -1.15. The number of benzene rings is 1. The number of nitrogens with one attached hydrogen (secondary N) is 1. The number of nitro groups is 1. The highest BCUT2D eigenvalue weighted by molar-refractivity contribution is 5.65. The molecule has 0 aromatic heterocycles. The molecule has 5 nitrogen and oxygen atoms in total. The first-order chi connectivity index (χ1) is 8.54. The molecule has 1 aliphatic heterocycles. The normalized spacial score (nSPS) is 19.3. The molecule has 0 bridgehead atoms. The fraction of sp³-hybridized carbons (Fsp3) is 0.455. The van der Waals surface area contributed by atoms with Gasteiger partial charge in [-0.2, -0.15) is 0 Å². The molecule has 1 heterocycles. The summed E-state index contributed by atoms with van der Waals surface area (Å²) in [4.78, 5) is 11.7. The van der Waals surface area contributed by atoms with Crippen LogP contribution in [0.25, 0.3) is 0 Å². The van der Waals surface area contributed by atoms with Gasteiger partial charge in [-0.05, 0) is 19.5 Å². The Morgan fingerprint density at radius 3 is 2.78 bits per heavy atom. The first-order valence-electron chi connectivity index (χ1n) is 5.59. The summed E-state index contributed by atoms with van der Waals surface area (Å²) in [6.07, 6.45) is 0.740. The summed E-state index contributed by atoms with van der Waals surface area (Å²) in [6.45, 7) is 0.893. The summed E-state index contributed by atoms with van der Waals surface area (Å²) in [5.41, 5.74) is -0.650. The molecule has 1 aliphatic rings. The Balaban J connectivity index is 2.42. The van der Waals surface area contributed by atoms with E-state index in [1.807, 2.05) is 0 Å². The van der Waals surface area contributed by atoms with Gasteiger partial charge >= 0.3 is 0 Å². The van der Waals surface area contributed by atoms with Gasteiger partial charge in [-0.15, -0.1) is 0 Å². The van der Waals surface area contributed by atoms with Crippen LogP contribution in [0, 0.1) is 21.7 Å². The molecule has 0 spiro atoms. The fourth-order valence-corrected chi connectivity index (χ4v) is 2.18. The lowest BCUT2D eigenvalue weighted by molar-refractivity contribution is -0.384. The van der Waals surface area contributed by atoms with Crippen molar-refractivity contribution in [3.63, 3.8) is 0 Å². The van der Waals surface area contributed by atoms with Crippen LogP contribution in [0.1, 0.15) is 6.42 Å². The lowest BCUT2D eigenvalue weighted by Crippen LogP contribution is -2.30. The lowest BCUT2D eigenvalue weighted by atomic mass is 10.2. The second kappa shape index (κ2) is 4.85. The van der Waals surface area contributed by atoms with Crippen LogP contribution in [-0.2, 0) is 0 Å². The molecule has 1 fully saturated rings. The summed E-state index contributed by atoms with van der Waals surface area (Å²) in [5, 5.41) is 13.9. The smallest absolute Gasteiger partial charge is 0.295 e. The van der Waals surface area contributed by atoms with Gasteiger partial charge in [0.25, 0.3) is 5.69 Å². The molecule has 0 radical (unpaired) electrons. The highest BCUT2D eigenvalue weighted by Crippen LogP contribution is 2.34. The van der Waals surface area contributed by atoms with Gasteiger partial charge in [-0.1, -0.05) is 0 Å². The van der Waals surface area contributed by atoms with E-state index in [2.05, 4.69) is 5.32 Å². The van der Waals surface area contributed by atoms with Crippen LogP contribution < -0.4 is 10.2 Å². The molecule has 2 rings (SSSR count). The van der Waals surface area contributed by atoms with Crippen LogP contribution >= 0.6 is 0 Å². The molecule has 1 unspecified atom stereocenters. The Labute approximate surface area is 103 Å². The van der Waals surface area contributed by atoms with E-state index in [0.29, 0.717) is 13.1 Å². The Morgan fingerprint density at radius 2 is 2.22 bits per heavy atom. The van der Waals surface area contributed by atoms with Gasteiger partial charge in [0, 0.05) is 25.2 Å². The van der Waals surface area contributed by atoms with Gasteiger partial charge in [-0.25, -0.2) is 8.78 Å². The van der Waals surface area contributed by atoms with E-state index in [9.17, 15) is 18.9 Å². The second-order valence-corrected chi connectivity index (χ2v) is 4.21. The van der Waals surface area contributed by atoms with Crippen molar-refractivity contribution < 1.29 is 13.7 Å². The highest BCUT2D eigenvalue weighted by atomic mass is 19.2. The SMILES string of the molecule is CNC1CCN(c2c([N+](=O)[O-])ccc(F)c2F)C1. The van der Waals surface area contributed by atoms with E-state index in [1.54, 1.807) is 7.05 Å². The van der Waals surface area contributed by atoms with Crippen molar-refractivity contribution in [3.8, 4) is 0 Å². The first kappa shape index (κ1) is 12.7. The van der Waals surface area contributed by atoms with Gasteiger partial charge in [0.05, 0.1) is 4.92 Å². The van der Waals surface area contributed by atoms with E-state index in [-0.39, 0.29) is 11.7 Å². The van der Waals surface area contributed by atoms with Gasteiger partial charge in [-0.3, -0.25) is 10.1 Å². The number of anilines is 1. The average molecular weight is 257 g/mol. The molecule has 98 valence electrons. The van der Waals surface area contributed by atoms with E-state index >= 15 is 0 Å². The standard InChI is InChI=1S/C11H13F2N3O2/c1-14-7-4-5-15(6-7)11-9(16(17)18)3-2-8(12)10(11)13/h2-3,7,14H,4-6H2,1H3. The van der Waals surface area contributed by atoms with Gasteiger partial charge < -0.3 is 10.2 Å². The Hall–Kier alpha value is -1.76.